The van der Waals surface area contributed by atoms with Crippen molar-refractivity contribution in [3.05, 3.63) is 47.5 Å². The van der Waals surface area contributed by atoms with Gasteiger partial charge in [0.1, 0.15) is 23.0 Å². The first kappa shape index (κ1) is 13.3. The first-order valence-electron chi connectivity index (χ1n) is 6.19. The first-order valence-corrected chi connectivity index (χ1v) is 6.19. The Balaban J connectivity index is 2.06. The molecule has 1 aliphatic rings. The van der Waals surface area contributed by atoms with Crippen molar-refractivity contribution < 1.29 is 30.0 Å². The average molecular weight is 288 g/mol. The van der Waals surface area contributed by atoms with Crippen LogP contribution in [0.15, 0.2) is 36.4 Å². The monoisotopic (exact) mass is 288 g/mol. The van der Waals surface area contributed by atoms with Gasteiger partial charge in [0.15, 0.2) is 5.60 Å². The molecule has 3 rings (SSSR count). The van der Waals surface area contributed by atoms with E-state index < -0.39 is 17.3 Å². The van der Waals surface area contributed by atoms with Crippen LogP contribution in [-0.2, 0) is 16.8 Å². The molecule has 0 bridgehead atoms. The van der Waals surface area contributed by atoms with Crippen molar-refractivity contribution in [3.8, 4) is 23.0 Å². The molecular weight excluding hydrogens is 276 g/mol. The number of esters is 1. The second-order valence-corrected chi connectivity index (χ2v) is 4.93. The molecule has 6 heteroatoms. The number of phenolic OH excluding ortho intramolecular Hbond substituents is 3. The number of hydrogen-bond acceptors (Lipinski definition) is 6. The molecule has 0 spiro atoms. The summed E-state index contributed by atoms with van der Waals surface area (Å²) in [6.45, 7) is 0. The number of hydrogen-bond donors (Lipinski definition) is 4. The molecule has 1 atom stereocenters. The average Bonchev–Trinajstić information content (AvgIpc) is 2.64. The smallest absolute Gasteiger partial charge is 0.348 e. The maximum atomic E-state index is 12.0. The van der Waals surface area contributed by atoms with Gasteiger partial charge in [-0.3, -0.25) is 0 Å². The zero-order valence-corrected chi connectivity index (χ0v) is 10.8. The van der Waals surface area contributed by atoms with E-state index in [0.717, 1.165) is 12.1 Å². The number of carbonyl (C=O) groups excluding carboxylic acids is 1. The predicted molar refractivity (Wildman–Crippen MR) is 71.1 cm³/mol. The van der Waals surface area contributed by atoms with Crippen molar-refractivity contribution >= 4 is 5.97 Å². The van der Waals surface area contributed by atoms with Crippen LogP contribution in [0.4, 0.5) is 0 Å². The molecule has 0 saturated carbocycles. The standard InChI is InChI=1S/C15H12O6/c16-9-3-1-8(2-4-9)7-15(20)13-11(18)5-10(17)6-12(13)21-14(15)19/h1-6,16-18,20H,7H2. The number of phenols is 3. The van der Waals surface area contributed by atoms with E-state index >= 15 is 0 Å². The van der Waals surface area contributed by atoms with E-state index in [-0.39, 0.29) is 29.2 Å². The Morgan fingerprint density at radius 2 is 1.67 bits per heavy atom. The molecular formula is C15H12O6. The minimum atomic E-state index is -2.04. The second kappa shape index (κ2) is 4.39. The molecule has 1 aliphatic heterocycles. The number of fused-ring (bicyclic) bond motifs is 1. The Bertz CT molecular complexity index is 722. The number of rotatable bonds is 2. The molecule has 0 aromatic heterocycles. The number of carbonyl (C=O) groups is 1. The molecule has 6 nitrogen and oxygen atoms in total. The molecule has 2 aromatic rings. The molecule has 0 saturated heterocycles. The van der Waals surface area contributed by atoms with Gasteiger partial charge in [-0.2, -0.15) is 0 Å². The van der Waals surface area contributed by atoms with Gasteiger partial charge in [-0.15, -0.1) is 0 Å². The van der Waals surface area contributed by atoms with Gasteiger partial charge >= 0.3 is 5.97 Å². The van der Waals surface area contributed by atoms with Crippen LogP contribution in [0.25, 0.3) is 0 Å². The summed E-state index contributed by atoms with van der Waals surface area (Å²) in [5.74, 6) is -1.62. The lowest BCUT2D eigenvalue weighted by atomic mass is 9.87. The fourth-order valence-corrected chi connectivity index (χ4v) is 2.44. The van der Waals surface area contributed by atoms with E-state index in [4.69, 9.17) is 4.74 Å². The van der Waals surface area contributed by atoms with Crippen LogP contribution < -0.4 is 4.74 Å². The molecule has 2 aromatic carbocycles. The third-order valence-electron chi connectivity index (χ3n) is 3.42. The third-order valence-corrected chi connectivity index (χ3v) is 3.42. The van der Waals surface area contributed by atoms with E-state index in [9.17, 15) is 25.2 Å². The number of benzene rings is 2. The number of aromatic hydroxyl groups is 3. The Morgan fingerprint density at radius 3 is 2.33 bits per heavy atom. The predicted octanol–water partition coefficient (Wildman–Crippen LogP) is 1.15. The number of aliphatic hydroxyl groups is 1. The van der Waals surface area contributed by atoms with Crippen LogP contribution in [0.1, 0.15) is 11.1 Å². The summed E-state index contributed by atoms with van der Waals surface area (Å²) < 4.78 is 4.92. The van der Waals surface area contributed by atoms with E-state index in [1.165, 1.54) is 12.1 Å². The van der Waals surface area contributed by atoms with Crippen molar-refractivity contribution in [3.63, 3.8) is 0 Å². The zero-order valence-electron chi connectivity index (χ0n) is 10.8. The van der Waals surface area contributed by atoms with E-state index in [1.54, 1.807) is 12.1 Å². The van der Waals surface area contributed by atoms with Crippen LogP contribution >= 0.6 is 0 Å². The van der Waals surface area contributed by atoms with Crippen molar-refractivity contribution in [2.45, 2.75) is 12.0 Å². The molecule has 108 valence electrons. The second-order valence-electron chi connectivity index (χ2n) is 4.93. The molecule has 0 aliphatic carbocycles. The molecule has 21 heavy (non-hydrogen) atoms. The van der Waals surface area contributed by atoms with Gasteiger partial charge in [-0.05, 0) is 17.7 Å². The molecule has 1 heterocycles. The summed E-state index contributed by atoms with van der Waals surface area (Å²) in [6.07, 6.45) is -0.128. The van der Waals surface area contributed by atoms with Gasteiger partial charge in [0, 0.05) is 18.6 Å². The Kier molecular flexibility index (Phi) is 2.77. The Hall–Kier alpha value is -2.73. The highest BCUT2D eigenvalue weighted by Crippen LogP contribution is 2.47. The van der Waals surface area contributed by atoms with Gasteiger partial charge in [-0.1, -0.05) is 12.1 Å². The van der Waals surface area contributed by atoms with E-state index in [1.807, 2.05) is 0 Å². The topological polar surface area (TPSA) is 107 Å². The van der Waals surface area contributed by atoms with Crippen LogP contribution in [0, 0.1) is 0 Å². The van der Waals surface area contributed by atoms with Crippen molar-refractivity contribution in [2.24, 2.45) is 0 Å². The lowest BCUT2D eigenvalue weighted by Gasteiger charge is -2.20. The minimum absolute atomic E-state index is 0.0629. The quantitative estimate of drug-likeness (QED) is 0.488. The van der Waals surface area contributed by atoms with E-state index in [0.29, 0.717) is 5.56 Å². The summed E-state index contributed by atoms with van der Waals surface area (Å²) in [6, 6.07) is 8.14. The molecule has 0 amide bonds. The fraction of sp³-hybridized carbons (Fsp3) is 0.133. The fourth-order valence-electron chi connectivity index (χ4n) is 2.44. The molecule has 4 N–H and O–H groups in total. The Labute approximate surface area is 119 Å². The van der Waals surface area contributed by atoms with E-state index in [2.05, 4.69) is 0 Å². The summed E-state index contributed by atoms with van der Waals surface area (Å²) in [5.41, 5.74) is -1.53. The van der Waals surface area contributed by atoms with Gasteiger partial charge in [0.2, 0.25) is 0 Å². The largest absolute Gasteiger partial charge is 0.508 e. The lowest BCUT2D eigenvalue weighted by Crippen LogP contribution is -2.35. The van der Waals surface area contributed by atoms with Gasteiger partial charge < -0.3 is 25.2 Å². The highest BCUT2D eigenvalue weighted by molar-refractivity contribution is 5.90. The van der Waals surface area contributed by atoms with Crippen LogP contribution in [0.3, 0.4) is 0 Å². The van der Waals surface area contributed by atoms with Crippen LogP contribution in [0.2, 0.25) is 0 Å². The SMILES string of the molecule is O=C1Oc2cc(O)cc(O)c2C1(O)Cc1ccc(O)cc1. The third kappa shape index (κ3) is 2.05. The van der Waals surface area contributed by atoms with Crippen LogP contribution in [-0.4, -0.2) is 26.4 Å². The zero-order chi connectivity index (χ0) is 15.2. The highest BCUT2D eigenvalue weighted by atomic mass is 16.6. The maximum absolute atomic E-state index is 12.0. The first-order chi connectivity index (χ1) is 9.90. The Morgan fingerprint density at radius 1 is 1.00 bits per heavy atom. The molecule has 1 unspecified atom stereocenters. The van der Waals surface area contributed by atoms with Crippen molar-refractivity contribution in [2.75, 3.05) is 0 Å². The summed E-state index contributed by atoms with van der Waals surface area (Å²) in [7, 11) is 0. The summed E-state index contributed by atoms with van der Waals surface area (Å²) >= 11 is 0. The number of ether oxygens (including phenoxy) is 1. The lowest BCUT2D eigenvalue weighted by molar-refractivity contribution is -0.151. The van der Waals surface area contributed by atoms with Crippen molar-refractivity contribution in [1.29, 1.82) is 0 Å². The van der Waals surface area contributed by atoms with Gasteiger partial charge in [0.25, 0.3) is 0 Å². The summed E-state index contributed by atoms with van der Waals surface area (Å²) in [5, 5.41) is 39.2. The summed E-state index contributed by atoms with van der Waals surface area (Å²) in [4.78, 5) is 12.0. The maximum Gasteiger partial charge on any atom is 0.348 e. The molecule has 0 radical (unpaired) electrons. The van der Waals surface area contributed by atoms with Gasteiger partial charge in [0.05, 0.1) is 5.56 Å². The van der Waals surface area contributed by atoms with Crippen LogP contribution in [0.5, 0.6) is 23.0 Å². The van der Waals surface area contributed by atoms with Crippen molar-refractivity contribution in [1.82, 2.24) is 0 Å². The normalized spacial score (nSPS) is 20.1. The minimum Gasteiger partial charge on any atom is -0.508 e. The highest BCUT2D eigenvalue weighted by Gasteiger charge is 2.50. The molecule has 0 fully saturated rings. The van der Waals surface area contributed by atoms with Gasteiger partial charge in [-0.25, -0.2) is 4.79 Å².